The summed E-state index contributed by atoms with van der Waals surface area (Å²) >= 11 is 12.7. The quantitative estimate of drug-likeness (QED) is 0.569. The van der Waals surface area contributed by atoms with E-state index in [9.17, 15) is 19.8 Å². The van der Waals surface area contributed by atoms with Crippen molar-refractivity contribution in [3.05, 3.63) is 51.6 Å². The lowest BCUT2D eigenvalue weighted by atomic mass is 9.76. The zero-order valence-electron chi connectivity index (χ0n) is 19.2. The fraction of sp³-hybridized carbons (Fsp3) is 0.480. The second-order valence-corrected chi connectivity index (χ2v) is 10.5. The van der Waals surface area contributed by atoms with Gasteiger partial charge in [0.05, 0.1) is 22.5 Å². The van der Waals surface area contributed by atoms with Gasteiger partial charge in [-0.15, -0.1) is 0 Å². The zero-order chi connectivity index (χ0) is 24.9. The van der Waals surface area contributed by atoms with E-state index >= 15 is 0 Å². The van der Waals surface area contributed by atoms with E-state index in [0.717, 1.165) is 29.9 Å². The third kappa shape index (κ3) is 4.49. The summed E-state index contributed by atoms with van der Waals surface area (Å²) in [6.07, 6.45) is 3.21. The molecule has 1 aromatic heterocycles. The van der Waals surface area contributed by atoms with Gasteiger partial charge in [-0.1, -0.05) is 29.3 Å². The maximum absolute atomic E-state index is 12.1. The number of piperidine rings is 1. The molecule has 2 bridgehead atoms. The van der Waals surface area contributed by atoms with Crippen molar-refractivity contribution >= 4 is 41.1 Å². The predicted octanol–water partition coefficient (Wildman–Crippen LogP) is 5.05. The van der Waals surface area contributed by atoms with Crippen LogP contribution in [0, 0.1) is 12.8 Å². The van der Waals surface area contributed by atoms with Crippen molar-refractivity contribution in [3.8, 4) is 5.75 Å². The molecule has 3 saturated heterocycles. The van der Waals surface area contributed by atoms with E-state index < -0.39 is 24.0 Å². The van der Waals surface area contributed by atoms with Crippen molar-refractivity contribution in [2.75, 3.05) is 18.0 Å². The number of nitrogens with zero attached hydrogens (tertiary/aromatic N) is 3. The summed E-state index contributed by atoms with van der Waals surface area (Å²) in [7, 11) is 0. The maximum Gasteiger partial charge on any atom is 0.407 e. The average Bonchev–Trinajstić information content (AvgIpc) is 3.39. The van der Waals surface area contributed by atoms with Gasteiger partial charge in [-0.3, -0.25) is 4.79 Å². The molecule has 0 aliphatic carbocycles. The second kappa shape index (κ2) is 9.39. The highest BCUT2D eigenvalue weighted by atomic mass is 35.5. The van der Waals surface area contributed by atoms with Crippen LogP contribution in [0.15, 0.2) is 30.5 Å². The Balaban J connectivity index is 1.28. The number of aromatic nitrogens is 1. The fourth-order valence-corrected chi connectivity index (χ4v) is 6.67. The van der Waals surface area contributed by atoms with Gasteiger partial charge in [-0.25, -0.2) is 9.78 Å². The number of aryl methyl sites for hydroxylation is 1. The summed E-state index contributed by atoms with van der Waals surface area (Å²) in [5, 5.41) is 20.5. The normalized spacial score (nSPS) is 27.8. The molecule has 3 fully saturated rings. The van der Waals surface area contributed by atoms with E-state index in [1.54, 1.807) is 6.20 Å². The first-order chi connectivity index (χ1) is 16.7. The van der Waals surface area contributed by atoms with Gasteiger partial charge in [-0.05, 0) is 55.5 Å². The Kier molecular flexibility index (Phi) is 6.44. The first-order valence-corrected chi connectivity index (χ1v) is 12.6. The standard InChI is InChI=1S/C25H27Cl2N3O5/c1-13-8-18(26)23(19(27)9-13)35-16-6-7-29(12-16)21-5-2-14(11-28-21)17-10-15-3-4-20(22(17)24(31)32)30(15)25(33)34/h2,5,8-9,11,15-17,20,22H,3-4,6-7,10,12H2,1H3,(H,31,32)(H,33,34)/t15-,16-,17-,20+,22-/m1/s1. The van der Waals surface area contributed by atoms with E-state index in [4.69, 9.17) is 27.9 Å². The molecule has 8 nitrogen and oxygen atoms in total. The number of amides is 1. The summed E-state index contributed by atoms with van der Waals surface area (Å²) in [6, 6.07) is 6.86. The maximum atomic E-state index is 12.1. The largest absolute Gasteiger partial charge is 0.485 e. The molecule has 1 amide bonds. The molecule has 2 N–H and O–H groups in total. The van der Waals surface area contributed by atoms with Crippen molar-refractivity contribution in [3.63, 3.8) is 0 Å². The summed E-state index contributed by atoms with van der Waals surface area (Å²) in [6.45, 7) is 3.32. The number of hydrogen-bond acceptors (Lipinski definition) is 5. The topological polar surface area (TPSA) is 103 Å². The number of ether oxygens (including phenoxy) is 1. The van der Waals surface area contributed by atoms with Crippen molar-refractivity contribution in [2.45, 2.75) is 56.7 Å². The van der Waals surface area contributed by atoms with Crippen molar-refractivity contribution < 1.29 is 24.5 Å². The Hall–Kier alpha value is -2.71. The van der Waals surface area contributed by atoms with Gasteiger partial charge in [0.2, 0.25) is 0 Å². The number of rotatable bonds is 5. The van der Waals surface area contributed by atoms with Gasteiger partial charge < -0.3 is 24.7 Å². The highest BCUT2D eigenvalue weighted by Crippen LogP contribution is 2.47. The lowest BCUT2D eigenvalue weighted by Crippen LogP contribution is -2.52. The fourth-order valence-electron chi connectivity index (χ4n) is 5.98. The molecule has 0 unspecified atom stereocenters. The molecule has 0 saturated carbocycles. The van der Waals surface area contributed by atoms with E-state index in [2.05, 4.69) is 9.88 Å². The number of carboxylic acids is 1. The molecule has 5 rings (SSSR count). The number of carboxylic acid groups (broad SMARTS) is 2. The minimum atomic E-state index is -1.03. The van der Waals surface area contributed by atoms with Crippen LogP contribution >= 0.6 is 23.2 Å². The van der Waals surface area contributed by atoms with Crippen molar-refractivity contribution in [1.82, 2.24) is 9.88 Å². The number of carbonyl (C=O) groups is 2. The molecule has 3 aliphatic heterocycles. The zero-order valence-corrected chi connectivity index (χ0v) is 20.7. The first kappa shape index (κ1) is 24.0. The number of halogens is 2. The van der Waals surface area contributed by atoms with Crippen LogP contribution in [-0.2, 0) is 4.79 Å². The van der Waals surface area contributed by atoms with Crippen LogP contribution in [-0.4, -0.2) is 63.4 Å². The van der Waals surface area contributed by atoms with E-state index in [1.807, 2.05) is 31.2 Å². The van der Waals surface area contributed by atoms with Crippen LogP contribution in [0.5, 0.6) is 5.75 Å². The third-order valence-corrected chi connectivity index (χ3v) is 8.08. The van der Waals surface area contributed by atoms with Crippen molar-refractivity contribution in [2.24, 2.45) is 5.92 Å². The highest BCUT2D eigenvalue weighted by molar-refractivity contribution is 6.37. The predicted molar refractivity (Wildman–Crippen MR) is 132 cm³/mol. The molecule has 0 spiro atoms. The second-order valence-electron chi connectivity index (χ2n) is 9.68. The number of hydrogen-bond donors (Lipinski definition) is 2. The summed E-state index contributed by atoms with van der Waals surface area (Å²) < 4.78 is 6.11. The molecule has 4 heterocycles. The monoisotopic (exact) mass is 519 g/mol. The van der Waals surface area contributed by atoms with Gasteiger partial charge in [0.15, 0.2) is 5.75 Å². The highest BCUT2D eigenvalue weighted by Gasteiger charge is 2.52. The first-order valence-electron chi connectivity index (χ1n) is 11.8. The van der Waals surface area contributed by atoms with Gasteiger partial charge in [0.1, 0.15) is 11.9 Å². The molecule has 35 heavy (non-hydrogen) atoms. The molecule has 1 aromatic carbocycles. The molecular weight excluding hydrogens is 493 g/mol. The Morgan fingerprint density at radius 2 is 1.86 bits per heavy atom. The van der Waals surface area contributed by atoms with E-state index in [0.29, 0.717) is 41.6 Å². The van der Waals surface area contributed by atoms with Gasteiger partial charge >= 0.3 is 12.1 Å². The molecular formula is C25H27Cl2N3O5. The van der Waals surface area contributed by atoms with Gasteiger partial charge in [-0.2, -0.15) is 0 Å². The molecule has 0 radical (unpaired) electrons. The summed E-state index contributed by atoms with van der Waals surface area (Å²) in [4.78, 5) is 32.0. The Bertz CT molecular complexity index is 1120. The lowest BCUT2D eigenvalue weighted by Gasteiger charge is -2.41. The molecule has 10 heteroatoms. The van der Waals surface area contributed by atoms with Crippen LogP contribution in [0.25, 0.3) is 0 Å². The van der Waals surface area contributed by atoms with Gasteiger partial charge in [0, 0.05) is 37.2 Å². The average molecular weight is 520 g/mol. The Labute approximate surface area is 213 Å². The Morgan fingerprint density at radius 3 is 2.49 bits per heavy atom. The van der Waals surface area contributed by atoms with Crippen LogP contribution in [0.1, 0.15) is 42.7 Å². The molecule has 3 aliphatic rings. The van der Waals surface area contributed by atoms with E-state index in [-0.39, 0.29) is 18.1 Å². The van der Waals surface area contributed by atoms with Crippen molar-refractivity contribution in [1.29, 1.82) is 0 Å². The van der Waals surface area contributed by atoms with E-state index in [1.165, 1.54) is 4.90 Å². The minimum Gasteiger partial charge on any atom is -0.485 e. The third-order valence-electron chi connectivity index (χ3n) is 7.52. The number of aliphatic carboxylic acids is 1. The molecule has 5 atom stereocenters. The number of anilines is 1. The number of benzene rings is 1. The van der Waals surface area contributed by atoms with Crippen LogP contribution in [0.4, 0.5) is 10.6 Å². The molecule has 186 valence electrons. The van der Waals surface area contributed by atoms with Crippen LogP contribution in [0.3, 0.4) is 0 Å². The summed E-state index contributed by atoms with van der Waals surface area (Å²) in [5.41, 5.74) is 1.81. The number of fused-ring (bicyclic) bond motifs is 2. The minimum absolute atomic E-state index is 0.0819. The summed E-state index contributed by atoms with van der Waals surface area (Å²) in [5.74, 6) is -0.702. The SMILES string of the molecule is Cc1cc(Cl)c(O[C@@H]2CCN(c3ccc([C@H]4C[C@H]5CC[C@@H]([C@@H]4C(=O)O)N5C(=O)O)cn3)C2)c(Cl)c1. The number of pyridine rings is 1. The van der Waals surface area contributed by atoms with Crippen LogP contribution in [0.2, 0.25) is 10.0 Å². The van der Waals surface area contributed by atoms with Gasteiger partial charge in [0.25, 0.3) is 0 Å². The lowest BCUT2D eigenvalue weighted by molar-refractivity contribution is -0.146. The Morgan fingerprint density at radius 1 is 1.11 bits per heavy atom. The van der Waals surface area contributed by atoms with Crippen LogP contribution < -0.4 is 9.64 Å². The smallest absolute Gasteiger partial charge is 0.407 e. The molecule has 2 aromatic rings.